The number of nitrogens with zero attached hydrogens (tertiary/aromatic N) is 2. The van der Waals surface area contributed by atoms with Gasteiger partial charge in [0, 0.05) is 12.4 Å². The molecule has 0 N–H and O–H groups in total. The number of ether oxygens (including phenoxy) is 1. The van der Waals surface area contributed by atoms with Gasteiger partial charge in [-0.3, -0.25) is 0 Å². The van der Waals surface area contributed by atoms with E-state index in [-0.39, 0.29) is 29.1 Å². The predicted octanol–water partition coefficient (Wildman–Crippen LogP) is 6.90. The zero-order valence-corrected chi connectivity index (χ0v) is 18.2. The van der Waals surface area contributed by atoms with Crippen molar-refractivity contribution < 1.29 is 17.9 Å². The molecule has 0 unspecified atom stereocenters. The largest absolute Gasteiger partial charge is 0.494 e. The van der Waals surface area contributed by atoms with E-state index in [9.17, 15) is 13.2 Å². The van der Waals surface area contributed by atoms with Crippen LogP contribution in [0.1, 0.15) is 17.5 Å². The lowest BCUT2D eigenvalue weighted by molar-refractivity contribution is 0.285. The summed E-state index contributed by atoms with van der Waals surface area (Å²) < 4.78 is 47.6. The van der Waals surface area contributed by atoms with Crippen LogP contribution in [0.25, 0.3) is 11.4 Å². The molecule has 0 radical (unpaired) electrons. The number of benzene rings is 1. The van der Waals surface area contributed by atoms with Crippen LogP contribution in [0.15, 0.2) is 97.4 Å². The predicted molar refractivity (Wildman–Crippen MR) is 122 cm³/mol. The highest BCUT2D eigenvalue weighted by Gasteiger charge is 2.16. The molecule has 0 bridgehead atoms. The lowest BCUT2D eigenvalue weighted by Crippen LogP contribution is -2.00. The number of aryl methyl sites for hydroxylation is 2. The van der Waals surface area contributed by atoms with Crippen LogP contribution in [0.3, 0.4) is 0 Å². The van der Waals surface area contributed by atoms with Crippen LogP contribution < -0.4 is 0 Å². The van der Waals surface area contributed by atoms with Gasteiger partial charge < -0.3 is 4.74 Å². The van der Waals surface area contributed by atoms with E-state index in [0.29, 0.717) is 23.1 Å². The van der Waals surface area contributed by atoms with Gasteiger partial charge in [-0.25, -0.2) is 23.1 Å². The normalized spacial score (nSPS) is 11.5. The third kappa shape index (κ3) is 6.41. The molecular weight excluding hydrogens is 413 g/mol. The van der Waals surface area contributed by atoms with Crippen LogP contribution in [-0.2, 0) is 11.2 Å². The Morgan fingerprint density at radius 2 is 1.66 bits per heavy atom. The van der Waals surface area contributed by atoms with Crippen LogP contribution in [0.4, 0.5) is 13.2 Å². The molecule has 1 aromatic heterocycles. The number of methoxy groups -OCH3 is 1. The molecule has 2 aromatic rings. The summed E-state index contributed by atoms with van der Waals surface area (Å²) in [5.74, 6) is -2.54. The van der Waals surface area contributed by atoms with Gasteiger partial charge in [0.1, 0.15) is 5.76 Å². The molecule has 6 heteroatoms. The Morgan fingerprint density at radius 1 is 1.00 bits per heavy atom. The van der Waals surface area contributed by atoms with E-state index in [1.165, 1.54) is 25.3 Å². The highest BCUT2D eigenvalue weighted by Crippen LogP contribution is 2.25. The molecule has 0 atom stereocenters. The first-order valence-corrected chi connectivity index (χ1v) is 9.74. The molecule has 2 rings (SSSR count). The van der Waals surface area contributed by atoms with E-state index in [0.717, 1.165) is 5.56 Å². The van der Waals surface area contributed by atoms with Gasteiger partial charge in [0.05, 0.1) is 12.7 Å². The number of hydrogen-bond donors (Lipinski definition) is 0. The molecule has 1 aromatic carbocycles. The lowest BCUT2D eigenvalue weighted by Gasteiger charge is -2.08. The molecule has 0 amide bonds. The number of halogens is 3. The monoisotopic (exact) mass is 438 g/mol. The van der Waals surface area contributed by atoms with Gasteiger partial charge in [-0.15, -0.1) is 0 Å². The van der Waals surface area contributed by atoms with Crippen molar-refractivity contribution in [2.24, 2.45) is 0 Å². The van der Waals surface area contributed by atoms with E-state index in [4.69, 9.17) is 4.74 Å². The third-order valence-electron chi connectivity index (χ3n) is 4.65. The van der Waals surface area contributed by atoms with Gasteiger partial charge >= 0.3 is 0 Å². The van der Waals surface area contributed by atoms with Crippen LogP contribution >= 0.6 is 0 Å². The topological polar surface area (TPSA) is 35.0 Å². The van der Waals surface area contributed by atoms with Crippen molar-refractivity contribution in [2.45, 2.75) is 19.8 Å². The highest BCUT2D eigenvalue weighted by molar-refractivity contribution is 5.56. The first kappa shape index (κ1) is 24.6. The number of rotatable bonds is 10. The second-order valence-corrected chi connectivity index (χ2v) is 7.15. The summed E-state index contributed by atoms with van der Waals surface area (Å²) in [7, 11) is 1.32. The van der Waals surface area contributed by atoms with Crippen LogP contribution in [0, 0.1) is 18.6 Å². The summed E-state index contributed by atoms with van der Waals surface area (Å²) in [6, 6.07) is 2.99. The second-order valence-electron chi connectivity index (χ2n) is 7.15. The van der Waals surface area contributed by atoms with Crippen LogP contribution in [-0.4, -0.2) is 17.1 Å². The molecule has 0 aliphatic carbocycles. The average Bonchev–Trinajstić information content (AvgIpc) is 2.78. The van der Waals surface area contributed by atoms with Gasteiger partial charge in [-0.2, -0.15) is 0 Å². The van der Waals surface area contributed by atoms with Crippen LogP contribution in [0.2, 0.25) is 0 Å². The first-order valence-electron chi connectivity index (χ1n) is 9.74. The molecule has 0 spiro atoms. The summed E-state index contributed by atoms with van der Waals surface area (Å²) in [6.07, 6.45) is 8.19. The van der Waals surface area contributed by atoms with Crippen molar-refractivity contribution in [3.8, 4) is 11.4 Å². The summed E-state index contributed by atoms with van der Waals surface area (Å²) in [4.78, 5) is 8.09. The van der Waals surface area contributed by atoms with E-state index < -0.39 is 17.5 Å². The van der Waals surface area contributed by atoms with Crippen molar-refractivity contribution in [3.05, 3.63) is 120 Å². The standard InChI is InChI=1S/C26H25F3N2O/c1-16(7-9-18(3)19(4)13-23(27)20(5)32-6)8-10-21-11-12-22(25(29)24(21)28)26-30-14-17(2)15-31-26/h7,9,11-15H,1,3-5,8,10H2,2,6H3/b9-7-,23-13+. The summed E-state index contributed by atoms with van der Waals surface area (Å²) >= 11 is 0. The Morgan fingerprint density at radius 3 is 2.28 bits per heavy atom. The molecule has 0 fully saturated rings. The van der Waals surface area contributed by atoms with Gasteiger partial charge in [-0.05, 0) is 54.2 Å². The third-order valence-corrected chi connectivity index (χ3v) is 4.65. The minimum absolute atomic E-state index is 0.0104. The van der Waals surface area contributed by atoms with Gasteiger partial charge in [0.2, 0.25) is 0 Å². The molecule has 0 saturated carbocycles. The molecule has 0 saturated heterocycles. The highest BCUT2D eigenvalue weighted by atomic mass is 19.2. The Bertz CT molecular complexity index is 1110. The Kier molecular flexibility index (Phi) is 8.53. The first-order chi connectivity index (χ1) is 15.1. The Labute approximate surface area is 186 Å². The average molecular weight is 438 g/mol. The van der Waals surface area contributed by atoms with E-state index in [1.54, 1.807) is 24.5 Å². The quantitative estimate of drug-likeness (QED) is 0.299. The zero-order chi connectivity index (χ0) is 23.8. The zero-order valence-electron chi connectivity index (χ0n) is 18.2. The maximum absolute atomic E-state index is 14.6. The molecule has 3 nitrogen and oxygen atoms in total. The number of aromatic nitrogens is 2. The minimum atomic E-state index is -0.983. The van der Waals surface area contributed by atoms with Gasteiger partial charge in [0.25, 0.3) is 0 Å². The molecule has 32 heavy (non-hydrogen) atoms. The van der Waals surface area contributed by atoms with E-state index in [1.807, 2.05) is 6.92 Å². The van der Waals surface area contributed by atoms with Crippen LogP contribution in [0.5, 0.6) is 0 Å². The molecule has 0 aliphatic rings. The van der Waals surface area contributed by atoms with Crippen molar-refractivity contribution in [1.29, 1.82) is 0 Å². The fraction of sp³-hybridized carbons (Fsp3) is 0.154. The van der Waals surface area contributed by atoms with Crippen molar-refractivity contribution in [2.75, 3.05) is 7.11 Å². The Hall–Kier alpha value is -3.67. The second kappa shape index (κ2) is 11.1. The summed E-state index contributed by atoms with van der Waals surface area (Å²) in [6.45, 7) is 16.7. The summed E-state index contributed by atoms with van der Waals surface area (Å²) in [5.41, 5.74) is 2.52. The van der Waals surface area contributed by atoms with Crippen molar-refractivity contribution in [1.82, 2.24) is 9.97 Å². The van der Waals surface area contributed by atoms with E-state index >= 15 is 0 Å². The maximum Gasteiger partial charge on any atom is 0.170 e. The smallest absolute Gasteiger partial charge is 0.170 e. The molecule has 0 aliphatic heterocycles. The fourth-order valence-electron chi connectivity index (χ4n) is 2.61. The summed E-state index contributed by atoms with van der Waals surface area (Å²) in [5, 5.41) is 0. The minimum Gasteiger partial charge on any atom is -0.494 e. The van der Waals surface area contributed by atoms with E-state index in [2.05, 4.69) is 36.3 Å². The van der Waals surface area contributed by atoms with Crippen molar-refractivity contribution >= 4 is 0 Å². The SMILES string of the molecule is C=C(/C=C\C(=C)C(=C)/C=C(/F)C(=C)OC)CCc1ccc(-c2ncc(C)cn2)c(F)c1F. The fourth-order valence-corrected chi connectivity index (χ4v) is 2.61. The Balaban J connectivity index is 2.01. The van der Waals surface area contributed by atoms with Gasteiger partial charge in [0.15, 0.2) is 23.3 Å². The number of hydrogen-bond acceptors (Lipinski definition) is 3. The maximum atomic E-state index is 14.6. The molecule has 1 heterocycles. The number of allylic oxidation sites excluding steroid dienone is 7. The van der Waals surface area contributed by atoms with Crippen molar-refractivity contribution in [3.63, 3.8) is 0 Å². The molecule has 166 valence electrons. The lowest BCUT2D eigenvalue weighted by atomic mass is 10.0. The molecular formula is C26H25F3N2O. The van der Waals surface area contributed by atoms with Gasteiger partial charge in [-0.1, -0.05) is 50.1 Å².